The van der Waals surface area contributed by atoms with Crippen molar-refractivity contribution >= 4 is 35.0 Å². The minimum absolute atomic E-state index is 0.0560. The van der Waals surface area contributed by atoms with Crippen molar-refractivity contribution in [1.29, 1.82) is 0 Å². The molecule has 0 amide bonds. The highest BCUT2D eigenvalue weighted by Crippen LogP contribution is 2.27. The standard InChI is InChI=1S/C18H23Cl2NO4/c19-12-7-8-17(15(20)10-12)25-9-3-4-13(22)11-21-16-6-2-1-5-14(16)18(23)24/h7-8,10,14,16,21H,1-6,9,11H2,(H,23,24). The normalized spacial score (nSPS) is 20.2. The molecule has 0 saturated heterocycles. The molecule has 0 heterocycles. The van der Waals surface area contributed by atoms with Crippen molar-refractivity contribution in [2.24, 2.45) is 5.92 Å². The predicted molar refractivity (Wildman–Crippen MR) is 97.6 cm³/mol. The molecule has 138 valence electrons. The first-order valence-electron chi connectivity index (χ1n) is 8.53. The Bertz CT molecular complexity index is 609. The third-order valence-corrected chi connectivity index (χ3v) is 4.93. The lowest BCUT2D eigenvalue weighted by atomic mass is 9.84. The van der Waals surface area contributed by atoms with Crippen molar-refractivity contribution in [1.82, 2.24) is 5.32 Å². The predicted octanol–water partition coefficient (Wildman–Crippen LogP) is 3.95. The molecule has 7 heteroatoms. The minimum Gasteiger partial charge on any atom is -0.492 e. The van der Waals surface area contributed by atoms with Gasteiger partial charge >= 0.3 is 5.97 Å². The molecule has 2 rings (SSSR count). The molecule has 1 aromatic rings. The second-order valence-corrected chi connectivity index (χ2v) is 7.13. The highest BCUT2D eigenvalue weighted by molar-refractivity contribution is 6.35. The maximum absolute atomic E-state index is 12.0. The number of carboxylic acids is 1. The summed E-state index contributed by atoms with van der Waals surface area (Å²) < 4.78 is 5.54. The molecule has 1 aliphatic carbocycles. The molecular weight excluding hydrogens is 365 g/mol. The van der Waals surface area contributed by atoms with Gasteiger partial charge in [0.25, 0.3) is 0 Å². The van der Waals surface area contributed by atoms with Crippen molar-refractivity contribution < 1.29 is 19.4 Å². The van der Waals surface area contributed by atoms with Gasteiger partial charge in [0.1, 0.15) is 11.5 Å². The number of ether oxygens (including phenoxy) is 1. The van der Waals surface area contributed by atoms with E-state index in [2.05, 4.69) is 5.32 Å². The lowest BCUT2D eigenvalue weighted by Crippen LogP contribution is -2.44. The molecular formula is C18H23Cl2NO4. The van der Waals surface area contributed by atoms with E-state index in [1.807, 2.05) is 0 Å². The number of aliphatic carboxylic acids is 1. The molecule has 0 bridgehead atoms. The fourth-order valence-electron chi connectivity index (χ4n) is 3.05. The number of benzene rings is 1. The molecule has 0 radical (unpaired) electrons. The van der Waals surface area contributed by atoms with Crippen LogP contribution in [0.4, 0.5) is 0 Å². The van der Waals surface area contributed by atoms with E-state index in [1.165, 1.54) is 0 Å². The van der Waals surface area contributed by atoms with Gasteiger partial charge in [-0.15, -0.1) is 0 Å². The third kappa shape index (κ3) is 6.49. The SMILES string of the molecule is O=C(CCCOc1ccc(Cl)cc1Cl)CNC1CCCCC1C(=O)O. The fourth-order valence-corrected chi connectivity index (χ4v) is 3.51. The van der Waals surface area contributed by atoms with E-state index in [1.54, 1.807) is 18.2 Å². The zero-order valence-corrected chi connectivity index (χ0v) is 15.5. The van der Waals surface area contributed by atoms with E-state index in [-0.39, 0.29) is 18.4 Å². The van der Waals surface area contributed by atoms with Crippen molar-refractivity contribution in [3.8, 4) is 5.75 Å². The van der Waals surface area contributed by atoms with Gasteiger partial charge in [0.15, 0.2) is 0 Å². The van der Waals surface area contributed by atoms with Gasteiger partial charge in [0.2, 0.25) is 0 Å². The molecule has 2 N–H and O–H groups in total. The number of hydrogen-bond donors (Lipinski definition) is 2. The van der Waals surface area contributed by atoms with Gasteiger partial charge in [-0.05, 0) is 37.5 Å². The second kappa shape index (κ2) is 10.00. The van der Waals surface area contributed by atoms with Crippen LogP contribution in [0.3, 0.4) is 0 Å². The van der Waals surface area contributed by atoms with Gasteiger partial charge in [0.05, 0.1) is 24.1 Å². The lowest BCUT2D eigenvalue weighted by Gasteiger charge is -2.29. The van der Waals surface area contributed by atoms with Crippen LogP contribution in [-0.4, -0.2) is 36.1 Å². The van der Waals surface area contributed by atoms with Crippen LogP contribution in [-0.2, 0) is 9.59 Å². The Morgan fingerprint density at radius 1 is 1.24 bits per heavy atom. The van der Waals surface area contributed by atoms with Gasteiger partial charge in [-0.3, -0.25) is 9.59 Å². The summed E-state index contributed by atoms with van der Waals surface area (Å²) in [5.41, 5.74) is 0. The molecule has 1 aromatic carbocycles. The Morgan fingerprint density at radius 3 is 2.72 bits per heavy atom. The van der Waals surface area contributed by atoms with Crippen molar-refractivity contribution in [2.75, 3.05) is 13.2 Å². The summed E-state index contributed by atoms with van der Waals surface area (Å²) in [6.07, 6.45) is 4.38. The van der Waals surface area contributed by atoms with Crippen LogP contribution in [0.5, 0.6) is 5.75 Å². The number of ketones is 1. The van der Waals surface area contributed by atoms with E-state index in [4.69, 9.17) is 27.9 Å². The molecule has 5 nitrogen and oxygen atoms in total. The van der Waals surface area contributed by atoms with Crippen LogP contribution in [0.15, 0.2) is 18.2 Å². The van der Waals surface area contributed by atoms with Crippen LogP contribution in [0.1, 0.15) is 38.5 Å². The van der Waals surface area contributed by atoms with E-state index >= 15 is 0 Å². The van der Waals surface area contributed by atoms with E-state index in [0.29, 0.717) is 41.7 Å². The first-order chi connectivity index (χ1) is 12.0. The maximum Gasteiger partial charge on any atom is 0.308 e. The Morgan fingerprint density at radius 2 is 2.00 bits per heavy atom. The summed E-state index contributed by atoms with van der Waals surface area (Å²) >= 11 is 11.8. The van der Waals surface area contributed by atoms with Crippen LogP contribution < -0.4 is 10.1 Å². The molecule has 1 fully saturated rings. The molecule has 0 aliphatic heterocycles. The van der Waals surface area contributed by atoms with Crippen molar-refractivity contribution in [3.63, 3.8) is 0 Å². The largest absolute Gasteiger partial charge is 0.492 e. The number of nitrogens with one attached hydrogen (secondary N) is 1. The van der Waals surface area contributed by atoms with Gasteiger partial charge in [-0.25, -0.2) is 0 Å². The topological polar surface area (TPSA) is 75.6 Å². The van der Waals surface area contributed by atoms with Crippen molar-refractivity contribution in [3.05, 3.63) is 28.2 Å². The Hall–Kier alpha value is -1.30. The quantitative estimate of drug-likeness (QED) is 0.627. The maximum atomic E-state index is 12.0. The van der Waals surface area contributed by atoms with Gasteiger partial charge in [0, 0.05) is 17.5 Å². The summed E-state index contributed by atoms with van der Waals surface area (Å²) in [7, 11) is 0. The van der Waals surface area contributed by atoms with Gasteiger partial charge in [-0.1, -0.05) is 36.0 Å². The molecule has 1 saturated carbocycles. The van der Waals surface area contributed by atoms with Gasteiger partial charge in [-0.2, -0.15) is 0 Å². The average molecular weight is 388 g/mol. The number of rotatable bonds is 9. The monoisotopic (exact) mass is 387 g/mol. The van der Waals surface area contributed by atoms with E-state index in [0.717, 1.165) is 19.3 Å². The Kier molecular flexibility index (Phi) is 8.00. The lowest BCUT2D eigenvalue weighted by molar-refractivity contribution is -0.144. The molecule has 2 unspecified atom stereocenters. The highest BCUT2D eigenvalue weighted by atomic mass is 35.5. The summed E-state index contributed by atoms with van der Waals surface area (Å²) in [6, 6.07) is 4.89. The summed E-state index contributed by atoms with van der Waals surface area (Å²) in [4.78, 5) is 23.2. The van der Waals surface area contributed by atoms with Crippen molar-refractivity contribution in [2.45, 2.75) is 44.6 Å². The van der Waals surface area contributed by atoms with Crippen LogP contribution in [0, 0.1) is 5.92 Å². The van der Waals surface area contributed by atoms with E-state index < -0.39 is 11.9 Å². The number of carbonyl (C=O) groups is 2. The van der Waals surface area contributed by atoms with E-state index in [9.17, 15) is 14.7 Å². The zero-order chi connectivity index (χ0) is 18.2. The molecule has 25 heavy (non-hydrogen) atoms. The number of carboxylic acid groups (broad SMARTS) is 1. The van der Waals surface area contributed by atoms with Crippen LogP contribution >= 0.6 is 23.2 Å². The Balaban J connectivity index is 1.66. The first kappa shape index (κ1) is 20.0. The number of carbonyl (C=O) groups excluding carboxylic acids is 1. The molecule has 2 atom stereocenters. The summed E-state index contributed by atoms with van der Waals surface area (Å²) in [5, 5.41) is 13.3. The zero-order valence-electron chi connectivity index (χ0n) is 14.0. The Labute approximate surface area is 157 Å². The smallest absolute Gasteiger partial charge is 0.308 e. The van der Waals surface area contributed by atoms with Crippen LogP contribution in [0.2, 0.25) is 10.0 Å². The second-order valence-electron chi connectivity index (χ2n) is 6.28. The number of Topliss-reactive ketones (excluding diaryl/α,β-unsaturated/α-hetero) is 1. The number of halogens is 2. The average Bonchev–Trinajstić information content (AvgIpc) is 2.58. The van der Waals surface area contributed by atoms with Gasteiger partial charge < -0.3 is 15.2 Å². The minimum atomic E-state index is -0.780. The highest BCUT2D eigenvalue weighted by Gasteiger charge is 2.30. The number of hydrogen-bond acceptors (Lipinski definition) is 4. The molecule has 0 aromatic heterocycles. The third-order valence-electron chi connectivity index (χ3n) is 4.40. The molecule has 0 spiro atoms. The summed E-state index contributed by atoms with van der Waals surface area (Å²) in [6.45, 7) is 0.588. The first-order valence-corrected chi connectivity index (χ1v) is 9.28. The fraction of sp³-hybridized carbons (Fsp3) is 0.556. The summed E-state index contributed by atoms with van der Waals surface area (Å²) in [5.74, 6) is -0.571. The molecule has 1 aliphatic rings. The van der Waals surface area contributed by atoms with Crippen LogP contribution in [0.25, 0.3) is 0 Å².